The van der Waals surface area contributed by atoms with Crippen LogP contribution in [0.4, 0.5) is 4.79 Å². The smallest absolute Gasteiger partial charge is 0.407 e. The fourth-order valence-electron chi connectivity index (χ4n) is 1.37. The molecule has 0 saturated heterocycles. The number of halogens is 2. The molecule has 0 bridgehead atoms. The van der Waals surface area contributed by atoms with Crippen molar-refractivity contribution in [3.63, 3.8) is 0 Å². The summed E-state index contributed by atoms with van der Waals surface area (Å²) >= 11 is 11.6. The van der Waals surface area contributed by atoms with E-state index in [1.165, 1.54) is 18.2 Å². The molecule has 0 atom stereocenters. The average Bonchev–Trinajstić information content (AvgIpc) is 2.31. The zero-order chi connectivity index (χ0) is 16.0. The van der Waals surface area contributed by atoms with Crippen molar-refractivity contribution < 1.29 is 19.1 Å². The predicted octanol–water partition coefficient (Wildman–Crippen LogP) is 3.67. The normalized spacial score (nSPS) is 10.9. The van der Waals surface area contributed by atoms with Gasteiger partial charge in [-0.25, -0.2) is 9.59 Å². The van der Waals surface area contributed by atoms with E-state index in [9.17, 15) is 9.59 Å². The maximum atomic E-state index is 11.7. The molecule has 21 heavy (non-hydrogen) atoms. The summed E-state index contributed by atoms with van der Waals surface area (Å²) in [6.07, 6.45) is -0.565. The lowest BCUT2D eigenvalue weighted by Crippen LogP contribution is -2.34. The van der Waals surface area contributed by atoms with E-state index in [0.29, 0.717) is 10.0 Å². The topological polar surface area (TPSA) is 64.6 Å². The fourth-order valence-corrected chi connectivity index (χ4v) is 1.89. The molecule has 1 N–H and O–H groups in total. The Morgan fingerprint density at radius 2 is 1.71 bits per heavy atom. The molecule has 1 aromatic carbocycles. The minimum Gasteiger partial charge on any atom is -0.460 e. The van der Waals surface area contributed by atoms with Crippen LogP contribution < -0.4 is 5.32 Å². The molecule has 0 aliphatic rings. The van der Waals surface area contributed by atoms with E-state index in [4.69, 9.17) is 32.7 Å². The van der Waals surface area contributed by atoms with Crippen LogP contribution in [0, 0.1) is 0 Å². The van der Waals surface area contributed by atoms with Gasteiger partial charge >= 0.3 is 12.1 Å². The Labute approximate surface area is 133 Å². The molecule has 0 spiro atoms. The molecular weight excluding hydrogens is 317 g/mol. The number of hydrogen-bond acceptors (Lipinski definition) is 4. The Hall–Kier alpha value is -1.46. The van der Waals surface area contributed by atoms with Gasteiger partial charge in [-0.3, -0.25) is 0 Å². The molecule has 1 rings (SSSR count). The molecule has 0 aliphatic carbocycles. The SMILES string of the molecule is CC(C)(C)OC(=O)NCCOC(=O)c1cc(Cl)cc(Cl)c1. The van der Waals surface area contributed by atoms with Gasteiger partial charge < -0.3 is 14.8 Å². The van der Waals surface area contributed by atoms with Gasteiger partial charge in [0.1, 0.15) is 12.2 Å². The van der Waals surface area contributed by atoms with E-state index in [2.05, 4.69) is 5.32 Å². The second kappa shape index (κ2) is 7.52. The van der Waals surface area contributed by atoms with E-state index in [1.807, 2.05) is 0 Å². The van der Waals surface area contributed by atoms with E-state index in [1.54, 1.807) is 20.8 Å². The van der Waals surface area contributed by atoms with E-state index in [-0.39, 0.29) is 18.7 Å². The Bertz CT molecular complexity index is 506. The summed E-state index contributed by atoms with van der Waals surface area (Å²) in [7, 11) is 0. The van der Waals surface area contributed by atoms with Crippen molar-refractivity contribution in [3.8, 4) is 0 Å². The second-order valence-corrected chi connectivity index (χ2v) is 6.10. The van der Waals surface area contributed by atoms with Gasteiger partial charge in [0.2, 0.25) is 0 Å². The third kappa shape index (κ3) is 7.20. The number of hydrogen-bond donors (Lipinski definition) is 1. The number of carbonyl (C=O) groups is 2. The number of alkyl carbamates (subject to hydrolysis) is 1. The number of rotatable bonds is 4. The van der Waals surface area contributed by atoms with Crippen LogP contribution in [0.5, 0.6) is 0 Å². The highest BCUT2D eigenvalue weighted by molar-refractivity contribution is 6.35. The van der Waals surface area contributed by atoms with E-state index < -0.39 is 17.7 Å². The average molecular weight is 334 g/mol. The Morgan fingerprint density at radius 3 is 2.24 bits per heavy atom. The molecule has 0 saturated carbocycles. The lowest BCUT2D eigenvalue weighted by Gasteiger charge is -2.19. The number of carbonyl (C=O) groups excluding carboxylic acids is 2. The summed E-state index contributed by atoms with van der Waals surface area (Å²) in [5.74, 6) is -0.564. The second-order valence-electron chi connectivity index (χ2n) is 5.22. The van der Waals surface area contributed by atoms with Crippen molar-refractivity contribution in [2.24, 2.45) is 0 Å². The standard InChI is InChI=1S/C14H17Cl2NO4/c1-14(2,3)21-13(19)17-4-5-20-12(18)9-6-10(15)8-11(16)7-9/h6-8H,4-5H2,1-3H3,(H,17,19). The largest absolute Gasteiger partial charge is 0.460 e. The van der Waals surface area contributed by atoms with Crippen LogP contribution in [-0.2, 0) is 9.47 Å². The quantitative estimate of drug-likeness (QED) is 0.674. The molecule has 0 aliphatic heterocycles. The van der Waals surface area contributed by atoms with Crippen LogP contribution >= 0.6 is 23.2 Å². The van der Waals surface area contributed by atoms with Crippen LogP contribution in [0.2, 0.25) is 10.0 Å². The zero-order valence-corrected chi connectivity index (χ0v) is 13.5. The van der Waals surface area contributed by atoms with Gasteiger partial charge in [0, 0.05) is 10.0 Å². The van der Waals surface area contributed by atoms with Gasteiger partial charge in [0.25, 0.3) is 0 Å². The Morgan fingerprint density at radius 1 is 1.14 bits per heavy atom. The number of nitrogens with one attached hydrogen (secondary N) is 1. The third-order valence-corrected chi connectivity index (χ3v) is 2.54. The van der Waals surface area contributed by atoms with Gasteiger partial charge in [-0.05, 0) is 39.0 Å². The molecule has 0 aromatic heterocycles. The van der Waals surface area contributed by atoms with Crippen LogP contribution in [0.15, 0.2) is 18.2 Å². The van der Waals surface area contributed by atoms with E-state index >= 15 is 0 Å². The highest BCUT2D eigenvalue weighted by Gasteiger charge is 2.15. The van der Waals surface area contributed by atoms with E-state index in [0.717, 1.165) is 0 Å². The molecule has 116 valence electrons. The molecule has 1 amide bonds. The highest BCUT2D eigenvalue weighted by atomic mass is 35.5. The van der Waals surface area contributed by atoms with Gasteiger partial charge in [-0.15, -0.1) is 0 Å². The van der Waals surface area contributed by atoms with Gasteiger partial charge in [-0.2, -0.15) is 0 Å². The van der Waals surface area contributed by atoms with Crippen molar-refractivity contribution >= 4 is 35.3 Å². The summed E-state index contributed by atoms with van der Waals surface area (Å²) in [6.45, 7) is 5.44. The molecule has 0 fully saturated rings. The minimum atomic E-state index is -0.571. The molecule has 0 unspecified atom stereocenters. The van der Waals surface area contributed by atoms with Gasteiger partial charge in [-0.1, -0.05) is 23.2 Å². The zero-order valence-electron chi connectivity index (χ0n) is 12.0. The lowest BCUT2D eigenvalue weighted by atomic mass is 10.2. The first-order chi connectivity index (χ1) is 9.67. The van der Waals surface area contributed by atoms with Crippen molar-refractivity contribution in [2.75, 3.05) is 13.2 Å². The summed E-state index contributed by atoms with van der Waals surface area (Å²) in [4.78, 5) is 23.1. The highest BCUT2D eigenvalue weighted by Crippen LogP contribution is 2.19. The number of esters is 1. The number of amides is 1. The van der Waals surface area contributed by atoms with Crippen molar-refractivity contribution in [1.29, 1.82) is 0 Å². The molecule has 7 heteroatoms. The van der Waals surface area contributed by atoms with Crippen LogP contribution in [0.25, 0.3) is 0 Å². The maximum absolute atomic E-state index is 11.7. The summed E-state index contributed by atoms with van der Waals surface area (Å²) in [6, 6.07) is 4.43. The first-order valence-corrected chi connectivity index (χ1v) is 7.03. The summed E-state index contributed by atoms with van der Waals surface area (Å²) in [5.41, 5.74) is -0.317. The fraction of sp³-hybridized carbons (Fsp3) is 0.429. The molecule has 1 aromatic rings. The number of benzene rings is 1. The molecular formula is C14H17Cl2NO4. The van der Waals surface area contributed by atoms with Gasteiger partial charge in [0.15, 0.2) is 0 Å². The van der Waals surface area contributed by atoms with Crippen LogP contribution in [0.3, 0.4) is 0 Å². The van der Waals surface area contributed by atoms with Gasteiger partial charge in [0.05, 0.1) is 12.1 Å². The van der Waals surface area contributed by atoms with Crippen molar-refractivity contribution in [2.45, 2.75) is 26.4 Å². The predicted molar refractivity (Wildman–Crippen MR) is 81.0 cm³/mol. The Balaban J connectivity index is 2.36. The minimum absolute atomic E-state index is 0.0161. The van der Waals surface area contributed by atoms with Crippen molar-refractivity contribution in [3.05, 3.63) is 33.8 Å². The third-order valence-electron chi connectivity index (χ3n) is 2.10. The lowest BCUT2D eigenvalue weighted by molar-refractivity contribution is 0.0434. The molecule has 5 nitrogen and oxygen atoms in total. The van der Waals surface area contributed by atoms with Crippen LogP contribution in [-0.4, -0.2) is 30.8 Å². The summed E-state index contributed by atoms with van der Waals surface area (Å²) < 4.78 is 10.0. The van der Waals surface area contributed by atoms with Crippen LogP contribution in [0.1, 0.15) is 31.1 Å². The number of ether oxygens (including phenoxy) is 2. The maximum Gasteiger partial charge on any atom is 0.407 e. The first-order valence-electron chi connectivity index (χ1n) is 6.27. The molecule has 0 radical (unpaired) electrons. The molecule has 0 heterocycles. The summed E-state index contributed by atoms with van der Waals surface area (Å²) in [5, 5.41) is 3.18. The van der Waals surface area contributed by atoms with Crippen molar-refractivity contribution in [1.82, 2.24) is 5.32 Å². The Kier molecular flexibility index (Phi) is 6.30. The monoisotopic (exact) mass is 333 g/mol. The first kappa shape index (κ1) is 17.6.